The second kappa shape index (κ2) is 19.9. The molecular weight excluding hydrogens is 785 g/mol. The molecule has 0 amide bonds. The molecule has 2 atom stereocenters. The van der Waals surface area contributed by atoms with Crippen LogP contribution in [-0.4, -0.2) is 0 Å². The van der Waals surface area contributed by atoms with E-state index >= 15 is 0 Å². The predicted molar refractivity (Wildman–Crippen MR) is 282 cm³/mol. The fourth-order valence-corrected chi connectivity index (χ4v) is 8.82. The van der Waals surface area contributed by atoms with Gasteiger partial charge in [0.05, 0.1) is 0 Å². The molecule has 6 aromatic carbocycles. The highest BCUT2D eigenvalue weighted by molar-refractivity contribution is 5.88. The van der Waals surface area contributed by atoms with Gasteiger partial charge in [-0.2, -0.15) is 0 Å². The lowest BCUT2D eigenvalue weighted by molar-refractivity contribution is 0.590. The molecule has 6 aromatic rings. The summed E-state index contributed by atoms with van der Waals surface area (Å²) in [5.41, 5.74) is 15.7. The average molecular weight is 849 g/mol. The van der Waals surface area contributed by atoms with Gasteiger partial charge in [-0.05, 0) is 136 Å². The lowest BCUT2D eigenvalue weighted by Gasteiger charge is -2.31. The van der Waals surface area contributed by atoms with E-state index in [0.717, 1.165) is 53.4 Å². The summed E-state index contributed by atoms with van der Waals surface area (Å²) < 4.78 is 0. The topological polar surface area (TPSA) is 6.48 Å². The normalized spacial score (nSPS) is 16.2. The first-order valence-corrected chi connectivity index (χ1v) is 23.3. The van der Waals surface area contributed by atoms with E-state index in [-0.39, 0.29) is 10.8 Å². The summed E-state index contributed by atoms with van der Waals surface area (Å²) in [6.07, 6.45) is 28.9. The van der Waals surface area contributed by atoms with Gasteiger partial charge in [0, 0.05) is 46.0 Å². The largest absolute Gasteiger partial charge is 0.310 e. The Labute approximate surface area is 389 Å². The number of hydrogen-bond donors (Lipinski definition) is 0. The van der Waals surface area contributed by atoms with Crippen LogP contribution in [0.4, 0.5) is 34.1 Å². The third-order valence-electron chi connectivity index (χ3n) is 12.7. The van der Waals surface area contributed by atoms with Crippen molar-refractivity contribution >= 4 is 39.7 Å². The summed E-state index contributed by atoms with van der Waals surface area (Å²) >= 11 is 0. The maximum atomic E-state index is 3.79. The fraction of sp³-hybridized carbons (Fsp3) is 0.206. The van der Waals surface area contributed by atoms with E-state index < -0.39 is 0 Å². The van der Waals surface area contributed by atoms with Gasteiger partial charge < -0.3 is 9.80 Å². The molecular formula is C63H64N2. The summed E-state index contributed by atoms with van der Waals surface area (Å²) in [6.45, 7) is 17.5. The Morgan fingerprint density at radius 3 is 1.54 bits per heavy atom. The van der Waals surface area contributed by atoms with Crippen molar-refractivity contribution in [3.63, 3.8) is 0 Å². The molecule has 65 heavy (non-hydrogen) atoms. The van der Waals surface area contributed by atoms with Crippen LogP contribution < -0.4 is 9.80 Å². The zero-order valence-corrected chi connectivity index (χ0v) is 39.2. The van der Waals surface area contributed by atoms with Gasteiger partial charge in [-0.1, -0.05) is 200 Å². The van der Waals surface area contributed by atoms with Crippen LogP contribution in [-0.2, 0) is 17.3 Å². The second-order valence-corrected chi connectivity index (χ2v) is 19.4. The quantitative estimate of drug-likeness (QED) is 0.107. The number of nitrogens with zero attached hydrogens (tertiary/aromatic N) is 2. The van der Waals surface area contributed by atoms with Crippen LogP contribution >= 0.6 is 0 Å². The molecule has 326 valence electrons. The lowest BCUT2D eigenvalue weighted by Crippen LogP contribution is -2.16. The van der Waals surface area contributed by atoms with Gasteiger partial charge in [0.2, 0.25) is 0 Å². The third kappa shape index (κ3) is 10.9. The maximum Gasteiger partial charge on any atom is 0.0488 e. The monoisotopic (exact) mass is 849 g/mol. The summed E-state index contributed by atoms with van der Waals surface area (Å²) in [5, 5.41) is 0. The van der Waals surface area contributed by atoms with Crippen LogP contribution in [0.3, 0.4) is 0 Å². The summed E-state index contributed by atoms with van der Waals surface area (Å²) in [7, 11) is 0. The van der Waals surface area contributed by atoms with Crippen molar-refractivity contribution in [1.29, 1.82) is 0 Å². The van der Waals surface area contributed by atoms with Crippen molar-refractivity contribution in [3.05, 3.63) is 258 Å². The first kappa shape index (κ1) is 44.7. The molecule has 0 spiro atoms. The predicted octanol–water partition coefficient (Wildman–Crippen LogP) is 17.8. The Balaban J connectivity index is 1.30. The zero-order chi connectivity index (χ0) is 45.4. The molecule has 0 bridgehead atoms. The van der Waals surface area contributed by atoms with Gasteiger partial charge in [-0.15, -0.1) is 0 Å². The molecule has 0 aliphatic heterocycles. The fourth-order valence-electron chi connectivity index (χ4n) is 8.82. The average Bonchev–Trinajstić information content (AvgIpc) is 3.33. The van der Waals surface area contributed by atoms with E-state index in [4.69, 9.17) is 0 Å². The Morgan fingerprint density at radius 1 is 0.523 bits per heavy atom. The van der Waals surface area contributed by atoms with E-state index in [1.54, 1.807) is 6.08 Å². The Kier molecular flexibility index (Phi) is 13.7. The molecule has 8 rings (SSSR count). The van der Waals surface area contributed by atoms with E-state index in [2.05, 4.69) is 258 Å². The first-order valence-electron chi connectivity index (χ1n) is 23.3. The molecule has 2 aliphatic carbocycles. The van der Waals surface area contributed by atoms with Crippen LogP contribution in [0.1, 0.15) is 99.6 Å². The van der Waals surface area contributed by atoms with E-state index in [9.17, 15) is 0 Å². The molecule has 2 nitrogen and oxygen atoms in total. The van der Waals surface area contributed by atoms with Gasteiger partial charge >= 0.3 is 0 Å². The molecule has 2 heteroatoms. The SMILES string of the molecule is C=C/C=C\C=C/Cc1ccc(N(c2ccc(C(C)(C)C)cc2)c2cc(C3=CC[C@H](c4ccccc4)C=C3)cc(N(c3ccc([C@H]4C=CC=CC4)cc3)c3ccc(C(C)(C)C)cc3)c2)cc1. The van der Waals surface area contributed by atoms with Crippen LogP contribution in [0.15, 0.2) is 225 Å². The molecule has 0 unspecified atom stereocenters. The molecule has 2 aliphatic rings. The Bertz CT molecular complexity index is 2730. The highest BCUT2D eigenvalue weighted by atomic mass is 15.2. The Hall–Kier alpha value is -6.90. The van der Waals surface area contributed by atoms with Crippen LogP contribution in [0, 0.1) is 0 Å². The van der Waals surface area contributed by atoms with Gasteiger partial charge in [0.1, 0.15) is 0 Å². The number of anilines is 6. The minimum absolute atomic E-state index is 0.0342. The first-order chi connectivity index (χ1) is 31.4. The third-order valence-corrected chi connectivity index (χ3v) is 12.7. The summed E-state index contributed by atoms with van der Waals surface area (Å²) in [5.74, 6) is 0.723. The highest BCUT2D eigenvalue weighted by Crippen LogP contribution is 2.44. The molecule has 0 N–H and O–H groups in total. The molecule has 0 saturated carbocycles. The van der Waals surface area contributed by atoms with Crippen LogP contribution in [0.2, 0.25) is 0 Å². The second-order valence-electron chi connectivity index (χ2n) is 19.4. The number of hydrogen-bond acceptors (Lipinski definition) is 2. The molecule has 0 heterocycles. The van der Waals surface area contributed by atoms with E-state index in [1.807, 2.05) is 12.2 Å². The Morgan fingerprint density at radius 2 is 1.05 bits per heavy atom. The smallest absolute Gasteiger partial charge is 0.0488 e. The summed E-state index contributed by atoms with van der Waals surface area (Å²) in [6, 6.07) is 54.7. The van der Waals surface area contributed by atoms with Crippen molar-refractivity contribution in [2.24, 2.45) is 0 Å². The number of rotatable bonds is 13. The summed E-state index contributed by atoms with van der Waals surface area (Å²) in [4.78, 5) is 4.87. The van der Waals surface area contributed by atoms with Gasteiger partial charge in [-0.25, -0.2) is 0 Å². The van der Waals surface area contributed by atoms with Crippen LogP contribution in [0.5, 0.6) is 0 Å². The van der Waals surface area contributed by atoms with Crippen molar-refractivity contribution in [2.75, 3.05) is 9.80 Å². The van der Waals surface area contributed by atoms with E-state index in [0.29, 0.717) is 11.8 Å². The lowest BCUT2D eigenvalue weighted by atomic mass is 9.87. The highest BCUT2D eigenvalue weighted by Gasteiger charge is 2.23. The maximum absolute atomic E-state index is 3.79. The van der Waals surface area contributed by atoms with Crippen molar-refractivity contribution in [3.8, 4) is 0 Å². The van der Waals surface area contributed by atoms with Crippen molar-refractivity contribution in [2.45, 2.75) is 83.5 Å². The minimum Gasteiger partial charge on any atom is -0.310 e. The van der Waals surface area contributed by atoms with Crippen LogP contribution in [0.25, 0.3) is 5.57 Å². The number of benzene rings is 6. The van der Waals surface area contributed by atoms with Crippen molar-refractivity contribution in [1.82, 2.24) is 0 Å². The molecule has 0 fully saturated rings. The van der Waals surface area contributed by atoms with Gasteiger partial charge in [-0.3, -0.25) is 0 Å². The molecule has 0 aromatic heterocycles. The van der Waals surface area contributed by atoms with Crippen molar-refractivity contribution < 1.29 is 0 Å². The van der Waals surface area contributed by atoms with E-state index in [1.165, 1.54) is 39.0 Å². The van der Waals surface area contributed by atoms with Gasteiger partial charge in [0.15, 0.2) is 0 Å². The van der Waals surface area contributed by atoms with Gasteiger partial charge in [0.25, 0.3) is 0 Å². The molecule has 0 radical (unpaired) electrons. The standard InChI is InChI=1S/C63H64N2/c1-8-9-10-11-14-19-47-24-36-56(37-25-47)64(58-40-32-54(33-41-58)62(2,3)4)60-44-53(52-28-26-50(27-29-52)48-20-15-12-16-21-48)45-61(46-60)65(59-42-34-55(35-43-59)63(5,6)7)57-38-30-51(31-39-57)49-22-17-13-18-23-49/h8-18,20-22,24-26,28-46,49-50H,1,19,23,27H2,2-7H3/b10-9-,14-11-/t49-,50+/m0/s1. The molecule has 0 saturated heterocycles. The zero-order valence-electron chi connectivity index (χ0n) is 39.2. The number of allylic oxidation sites excluding steroid dienone is 13. The minimum atomic E-state index is 0.0342.